The molecule has 4 heteroatoms. The Kier molecular flexibility index (Phi) is 10.5. The molecule has 0 unspecified atom stereocenters. The molecule has 11 rings (SSSR count). The van der Waals surface area contributed by atoms with Crippen molar-refractivity contribution in [3.05, 3.63) is 134 Å². The normalized spacial score (nSPS) is 20.6. The van der Waals surface area contributed by atoms with Crippen molar-refractivity contribution in [2.24, 2.45) is 0 Å². The summed E-state index contributed by atoms with van der Waals surface area (Å²) in [6.07, 6.45) is 7.10. The smallest absolute Gasteiger partial charge is 0.264 e. The first-order valence-corrected chi connectivity index (χ1v) is 28.2. The van der Waals surface area contributed by atoms with Crippen molar-refractivity contribution < 1.29 is 0 Å². The van der Waals surface area contributed by atoms with Crippen molar-refractivity contribution in [2.45, 2.75) is 213 Å². The number of fused-ring (bicyclic) bond motifs is 9. The Hall–Kier alpha value is -4.54. The number of benzene rings is 5. The fourth-order valence-corrected chi connectivity index (χ4v) is 15.7. The van der Waals surface area contributed by atoms with Gasteiger partial charge in [0, 0.05) is 38.0 Å². The molecule has 0 bridgehead atoms. The van der Waals surface area contributed by atoms with E-state index in [-0.39, 0.29) is 50.0 Å². The summed E-state index contributed by atoms with van der Waals surface area (Å²) in [7, 11) is 0. The molecule has 0 spiro atoms. The molecule has 3 heterocycles. The second kappa shape index (κ2) is 15.3. The Morgan fingerprint density at radius 2 is 0.986 bits per heavy atom. The van der Waals surface area contributed by atoms with Gasteiger partial charge in [-0.05, 0) is 186 Å². The summed E-state index contributed by atoms with van der Waals surface area (Å²) in [4.78, 5) is 7.15. The Bertz CT molecular complexity index is 3190. The van der Waals surface area contributed by atoms with Crippen LogP contribution >= 0.6 is 11.3 Å². The van der Waals surface area contributed by atoms with Crippen LogP contribution in [0.4, 0.5) is 34.1 Å². The Morgan fingerprint density at radius 1 is 0.465 bits per heavy atom. The van der Waals surface area contributed by atoms with Crippen LogP contribution < -0.4 is 25.5 Å². The standard InChI is InChI=1S/C67H83BN2S/c1-40-36-51-55-52(37-40)70(50-29-23-43(61(5,6)7)39-45(50)41-20-26-46-48(38-41)64(12,13)31-30-62(46,8)9)57-54-58(67(18,19)35-34-66(54,16)17)71-59(57)68(55)49-28-27-47-53(65(14,15)33-32-63(47,10)11)56(49)69(51)44-24-21-42(22-25-44)60(2,3)4/h20-29,36-39H,30-35H2,1-19H3. The molecule has 0 N–H and O–H groups in total. The third kappa shape index (κ3) is 7.35. The van der Waals surface area contributed by atoms with Crippen LogP contribution in [0.1, 0.15) is 213 Å². The molecule has 370 valence electrons. The van der Waals surface area contributed by atoms with Crippen molar-refractivity contribution in [3.8, 4) is 11.1 Å². The molecule has 0 saturated heterocycles. The molecular formula is C67H83BN2S. The number of anilines is 6. The Labute approximate surface area is 434 Å². The van der Waals surface area contributed by atoms with Gasteiger partial charge < -0.3 is 9.80 Å². The summed E-state index contributed by atoms with van der Waals surface area (Å²) >= 11 is 2.16. The quantitative estimate of drug-likeness (QED) is 0.163. The van der Waals surface area contributed by atoms with Crippen LogP contribution in [0.15, 0.2) is 84.9 Å². The summed E-state index contributed by atoms with van der Waals surface area (Å²) in [5, 5.41) is 0. The fourth-order valence-electron chi connectivity index (χ4n) is 13.9. The lowest BCUT2D eigenvalue weighted by molar-refractivity contribution is 0.332. The van der Waals surface area contributed by atoms with E-state index < -0.39 is 0 Å². The summed E-state index contributed by atoms with van der Waals surface area (Å²) in [6.45, 7) is 46.7. The molecular weight excluding hydrogens is 876 g/mol. The number of hydrogen-bond acceptors (Lipinski definition) is 3. The van der Waals surface area contributed by atoms with Gasteiger partial charge in [0.1, 0.15) is 0 Å². The van der Waals surface area contributed by atoms with E-state index in [2.05, 4.69) is 238 Å². The first-order chi connectivity index (χ1) is 32.8. The van der Waals surface area contributed by atoms with Gasteiger partial charge in [-0.3, -0.25) is 0 Å². The average molecular weight is 959 g/mol. The van der Waals surface area contributed by atoms with E-state index in [1.165, 1.54) is 120 Å². The lowest BCUT2D eigenvalue weighted by Crippen LogP contribution is -2.61. The first-order valence-electron chi connectivity index (χ1n) is 27.4. The second-order valence-electron chi connectivity index (χ2n) is 29.1. The summed E-state index contributed by atoms with van der Waals surface area (Å²) < 4.78 is 1.52. The van der Waals surface area contributed by atoms with Crippen molar-refractivity contribution in [1.29, 1.82) is 0 Å². The van der Waals surface area contributed by atoms with E-state index in [1.807, 2.05) is 0 Å². The van der Waals surface area contributed by atoms with Crippen LogP contribution in [-0.2, 0) is 43.3 Å². The van der Waals surface area contributed by atoms with Crippen LogP contribution in [0.25, 0.3) is 11.1 Å². The van der Waals surface area contributed by atoms with E-state index in [1.54, 1.807) is 16.0 Å². The predicted octanol–water partition coefficient (Wildman–Crippen LogP) is 17.4. The lowest BCUT2D eigenvalue weighted by atomic mass is 9.35. The van der Waals surface area contributed by atoms with Crippen molar-refractivity contribution in [1.82, 2.24) is 0 Å². The van der Waals surface area contributed by atoms with Gasteiger partial charge in [0.25, 0.3) is 6.71 Å². The SMILES string of the molecule is Cc1cc2c3c(c1)N(c1ccc(C(C)(C)C)cc1-c1ccc4c(c1)C(C)(C)CCC4(C)C)c1c(sc4c1C(C)(C)CCC4(C)C)B3c1ccc3c(c1N2c1ccc(C(C)(C)C)cc1)C(C)(C)CCC3(C)C. The maximum atomic E-state index is 2.82. The number of thiophene rings is 1. The fraction of sp³-hybridized carbons (Fsp3) is 0.493. The zero-order chi connectivity index (χ0) is 51.1. The molecule has 0 atom stereocenters. The van der Waals surface area contributed by atoms with E-state index in [0.717, 1.165) is 12.8 Å². The zero-order valence-electron chi connectivity index (χ0n) is 47.2. The van der Waals surface area contributed by atoms with E-state index in [0.29, 0.717) is 0 Å². The minimum absolute atomic E-state index is 0.00544. The molecule has 5 aromatic carbocycles. The highest BCUT2D eigenvalue weighted by Gasteiger charge is 2.53. The maximum Gasteiger partial charge on any atom is 0.264 e. The highest BCUT2D eigenvalue weighted by Crippen LogP contribution is 2.59. The number of nitrogens with zero attached hydrogens (tertiary/aromatic N) is 2. The van der Waals surface area contributed by atoms with Crippen molar-refractivity contribution in [3.63, 3.8) is 0 Å². The molecule has 1 aromatic heterocycles. The maximum absolute atomic E-state index is 2.82. The molecule has 5 aliphatic rings. The monoisotopic (exact) mass is 959 g/mol. The Morgan fingerprint density at radius 3 is 1.61 bits per heavy atom. The molecule has 0 amide bonds. The molecule has 0 saturated carbocycles. The average Bonchev–Trinajstić information content (AvgIpc) is 3.70. The second-order valence-corrected chi connectivity index (χ2v) is 30.2. The third-order valence-corrected chi connectivity index (χ3v) is 20.5. The largest absolute Gasteiger partial charge is 0.311 e. The number of aryl methyl sites for hydroxylation is 1. The zero-order valence-corrected chi connectivity index (χ0v) is 48.0. The summed E-state index contributed by atoms with van der Waals surface area (Å²) in [6, 6.07) is 35.1. The highest BCUT2D eigenvalue weighted by atomic mass is 32.1. The van der Waals surface area contributed by atoms with Crippen LogP contribution in [0.2, 0.25) is 0 Å². The Balaban J connectivity index is 1.28. The summed E-state index contributed by atoms with van der Waals surface area (Å²) in [5.74, 6) is 0. The first kappa shape index (κ1) is 48.7. The minimum Gasteiger partial charge on any atom is -0.311 e. The van der Waals surface area contributed by atoms with Gasteiger partial charge in [0.15, 0.2) is 0 Å². The van der Waals surface area contributed by atoms with Gasteiger partial charge in [0.05, 0.1) is 11.4 Å². The molecule has 71 heavy (non-hydrogen) atoms. The molecule has 3 aliphatic carbocycles. The van der Waals surface area contributed by atoms with Gasteiger partial charge >= 0.3 is 0 Å². The van der Waals surface area contributed by atoms with Gasteiger partial charge in [-0.25, -0.2) is 0 Å². The van der Waals surface area contributed by atoms with Gasteiger partial charge in [-0.1, -0.05) is 173 Å². The molecule has 0 fully saturated rings. The van der Waals surface area contributed by atoms with E-state index >= 15 is 0 Å². The summed E-state index contributed by atoms with van der Waals surface area (Å²) in [5.41, 5.74) is 25.7. The molecule has 6 aromatic rings. The predicted molar refractivity (Wildman–Crippen MR) is 312 cm³/mol. The van der Waals surface area contributed by atoms with Crippen LogP contribution in [0.3, 0.4) is 0 Å². The minimum atomic E-state index is -0.0226. The van der Waals surface area contributed by atoms with E-state index in [4.69, 9.17) is 0 Å². The van der Waals surface area contributed by atoms with Crippen LogP contribution in [0.5, 0.6) is 0 Å². The van der Waals surface area contributed by atoms with Crippen molar-refractivity contribution >= 4 is 67.9 Å². The number of hydrogen-bond donors (Lipinski definition) is 0. The van der Waals surface area contributed by atoms with Crippen LogP contribution in [0, 0.1) is 6.92 Å². The van der Waals surface area contributed by atoms with E-state index in [9.17, 15) is 0 Å². The highest BCUT2D eigenvalue weighted by molar-refractivity contribution is 7.29. The van der Waals surface area contributed by atoms with Gasteiger partial charge in [0.2, 0.25) is 0 Å². The van der Waals surface area contributed by atoms with Gasteiger partial charge in [-0.2, -0.15) is 11.3 Å². The lowest BCUT2D eigenvalue weighted by Gasteiger charge is -2.49. The van der Waals surface area contributed by atoms with Crippen LogP contribution in [-0.4, -0.2) is 6.71 Å². The third-order valence-electron chi connectivity index (χ3n) is 18.9. The number of rotatable bonds is 3. The molecule has 2 aliphatic heterocycles. The molecule has 0 radical (unpaired) electrons. The topological polar surface area (TPSA) is 6.48 Å². The van der Waals surface area contributed by atoms with Gasteiger partial charge in [-0.15, -0.1) is 0 Å². The molecule has 2 nitrogen and oxygen atoms in total. The van der Waals surface area contributed by atoms with Crippen molar-refractivity contribution in [2.75, 3.05) is 9.80 Å².